The van der Waals surface area contributed by atoms with Crippen molar-refractivity contribution in [2.75, 3.05) is 6.61 Å². The molecule has 1 unspecified atom stereocenters. The molecule has 1 rings (SSSR count). The molecule has 20 heavy (non-hydrogen) atoms. The number of allylic oxidation sites excluding steroid dienone is 5. The zero-order chi connectivity index (χ0) is 15.2. The Morgan fingerprint density at radius 3 is 2.55 bits per heavy atom. The lowest BCUT2D eigenvalue weighted by Crippen LogP contribution is -2.02. The third kappa shape index (κ3) is 6.20. The van der Waals surface area contributed by atoms with Gasteiger partial charge in [-0.15, -0.1) is 0 Å². The molecule has 1 heterocycles. The van der Waals surface area contributed by atoms with Crippen LogP contribution >= 0.6 is 0 Å². The number of esters is 1. The summed E-state index contributed by atoms with van der Waals surface area (Å²) in [6.45, 7) is 10.5. The van der Waals surface area contributed by atoms with Crippen LogP contribution in [0.25, 0.3) is 0 Å². The Morgan fingerprint density at radius 1 is 1.35 bits per heavy atom. The van der Waals surface area contributed by atoms with Crippen LogP contribution in [0.5, 0.6) is 0 Å². The molecule has 0 aromatic carbocycles. The van der Waals surface area contributed by atoms with Crippen molar-refractivity contribution in [1.82, 2.24) is 0 Å². The molecule has 0 spiro atoms. The van der Waals surface area contributed by atoms with E-state index < -0.39 is 0 Å². The molecule has 0 radical (unpaired) electrons. The predicted octanol–water partition coefficient (Wildman–Crippen LogP) is 3.96. The van der Waals surface area contributed by atoms with E-state index in [1.807, 2.05) is 19.1 Å². The van der Waals surface area contributed by atoms with Gasteiger partial charge in [0.2, 0.25) is 0 Å². The van der Waals surface area contributed by atoms with Gasteiger partial charge in [-0.05, 0) is 53.0 Å². The maximum absolute atomic E-state index is 11.2. The normalized spacial score (nSPS) is 22.1. The highest BCUT2D eigenvalue weighted by atomic mass is 16.6. The van der Waals surface area contributed by atoms with E-state index in [4.69, 9.17) is 9.47 Å². The summed E-state index contributed by atoms with van der Waals surface area (Å²) in [7, 11) is 0. The molecular weight excluding hydrogens is 252 g/mol. The van der Waals surface area contributed by atoms with Crippen molar-refractivity contribution in [1.29, 1.82) is 0 Å². The highest BCUT2D eigenvalue weighted by Crippen LogP contribution is 2.38. The first-order valence-electron chi connectivity index (χ1n) is 7.22. The van der Waals surface area contributed by atoms with E-state index in [0.29, 0.717) is 12.7 Å². The molecule has 1 aliphatic heterocycles. The lowest BCUT2D eigenvalue weighted by Gasteiger charge is -1.99. The van der Waals surface area contributed by atoms with Crippen LogP contribution in [0.2, 0.25) is 0 Å². The molecule has 0 saturated carbocycles. The number of rotatable bonds is 7. The third-order valence-electron chi connectivity index (χ3n) is 3.34. The van der Waals surface area contributed by atoms with Gasteiger partial charge >= 0.3 is 5.97 Å². The lowest BCUT2D eigenvalue weighted by molar-refractivity contribution is -0.137. The standard InChI is InChI=1S/C17H26O3/c1-6-19-16(18)12-14(3)9-7-8-13(2)10-11-15-17(4,5)20-15/h7-9,12,15H,6,10-11H2,1-5H3/b9-7+,13-8+,14-12+. The van der Waals surface area contributed by atoms with Gasteiger partial charge in [-0.3, -0.25) is 0 Å². The van der Waals surface area contributed by atoms with Gasteiger partial charge in [0.15, 0.2) is 0 Å². The number of carbonyl (C=O) groups excluding carboxylic acids is 1. The number of carbonyl (C=O) groups is 1. The fourth-order valence-electron chi connectivity index (χ4n) is 1.96. The minimum atomic E-state index is -0.288. The number of epoxide rings is 1. The van der Waals surface area contributed by atoms with Crippen LogP contribution < -0.4 is 0 Å². The van der Waals surface area contributed by atoms with Crippen molar-refractivity contribution in [3.05, 3.63) is 35.5 Å². The summed E-state index contributed by atoms with van der Waals surface area (Å²) in [5.41, 5.74) is 2.28. The van der Waals surface area contributed by atoms with Crippen LogP contribution in [-0.4, -0.2) is 24.3 Å². The quantitative estimate of drug-likeness (QED) is 0.306. The molecule has 3 heteroatoms. The van der Waals surface area contributed by atoms with Gasteiger partial charge < -0.3 is 9.47 Å². The molecule has 1 aliphatic rings. The van der Waals surface area contributed by atoms with E-state index in [9.17, 15) is 4.79 Å². The third-order valence-corrected chi connectivity index (χ3v) is 3.34. The minimum absolute atomic E-state index is 0.0785. The van der Waals surface area contributed by atoms with E-state index in [0.717, 1.165) is 18.4 Å². The van der Waals surface area contributed by atoms with E-state index in [1.165, 1.54) is 11.6 Å². The van der Waals surface area contributed by atoms with Crippen LogP contribution in [0.15, 0.2) is 35.5 Å². The van der Waals surface area contributed by atoms with Crippen LogP contribution in [0.3, 0.4) is 0 Å². The molecule has 3 nitrogen and oxygen atoms in total. The predicted molar refractivity (Wildman–Crippen MR) is 81.5 cm³/mol. The van der Waals surface area contributed by atoms with Gasteiger partial charge in [-0.2, -0.15) is 0 Å². The number of ether oxygens (including phenoxy) is 2. The van der Waals surface area contributed by atoms with E-state index in [-0.39, 0.29) is 11.6 Å². The zero-order valence-electron chi connectivity index (χ0n) is 13.2. The molecule has 1 saturated heterocycles. The van der Waals surface area contributed by atoms with Gasteiger partial charge in [0, 0.05) is 6.08 Å². The molecule has 0 aromatic rings. The van der Waals surface area contributed by atoms with E-state index >= 15 is 0 Å². The van der Waals surface area contributed by atoms with Crippen molar-refractivity contribution in [3.63, 3.8) is 0 Å². The first-order chi connectivity index (χ1) is 9.35. The highest BCUT2D eigenvalue weighted by molar-refractivity contribution is 5.83. The van der Waals surface area contributed by atoms with Crippen molar-refractivity contribution in [2.24, 2.45) is 0 Å². The lowest BCUT2D eigenvalue weighted by atomic mass is 10.0. The summed E-state index contributed by atoms with van der Waals surface area (Å²) >= 11 is 0. The van der Waals surface area contributed by atoms with Crippen molar-refractivity contribution >= 4 is 5.97 Å². The molecule has 0 amide bonds. The number of hydrogen-bond acceptors (Lipinski definition) is 3. The Labute approximate surface area is 122 Å². The second-order valence-corrected chi connectivity index (χ2v) is 5.76. The second-order valence-electron chi connectivity index (χ2n) is 5.76. The molecule has 0 bridgehead atoms. The van der Waals surface area contributed by atoms with Gasteiger partial charge in [-0.1, -0.05) is 23.8 Å². The van der Waals surface area contributed by atoms with Crippen molar-refractivity contribution < 1.29 is 14.3 Å². The molecule has 0 aliphatic carbocycles. The van der Waals surface area contributed by atoms with Crippen LogP contribution in [0.1, 0.15) is 47.5 Å². The summed E-state index contributed by atoms with van der Waals surface area (Å²) in [5, 5.41) is 0. The maximum Gasteiger partial charge on any atom is 0.330 e. The summed E-state index contributed by atoms with van der Waals surface area (Å²) in [6.07, 6.45) is 9.99. The largest absolute Gasteiger partial charge is 0.463 e. The van der Waals surface area contributed by atoms with Crippen LogP contribution in [0.4, 0.5) is 0 Å². The summed E-state index contributed by atoms with van der Waals surface area (Å²) in [6, 6.07) is 0. The average molecular weight is 278 g/mol. The van der Waals surface area contributed by atoms with E-state index in [1.54, 1.807) is 6.92 Å². The maximum atomic E-state index is 11.2. The molecule has 1 fully saturated rings. The molecule has 0 N–H and O–H groups in total. The Balaban J connectivity index is 2.34. The molecule has 0 aromatic heterocycles. The fraction of sp³-hybridized carbons (Fsp3) is 0.588. The summed E-state index contributed by atoms with van der Waals surface area (Å²) in [5.74, 6) is -0.288. The SMILES string of the molecule is CCOC(=O)/C=C(C)/C=C/C=C(\C)CCC1OC1(C)C. The van der Waals surface area contributed by atoms with Crippen LogP contribution in [-0.2, 0) is 14.3 Å². The molecular formula is C17H26O3. The second kappa shape index (κ2) is 7.44. The highest BCUT2D eigenvalue weighted by Gasteiger charge is 2.46. The minimum Gasteiger partial charge on any atom is -0.463 e. The smallest absolute Gasteiger partial charge is 0.330 e. The van der Waals surface area contributed by atoms with Gasteiger partial charge in [0.25, 0.3) is 0 Å². The fourth-order valence-corrected chi connectivity index (χ4v) is 1.96. The summed E-state index contributed by atoms with van der Waals surface area (Å²) in [4.78, 5) is 11.2. The Bertz CT molecular complexity index is 428. The monoisotopic (exact) mass is 278 g/mol. The van der Waals surface area contributed by atoms with Crippen LogP contribution in [0, 0.1) is 0 Å². The zero-order valence-corrected chi connectivity index (χ0v) is 13.2. The molecule has 1 atom stereocenters. The Kier molecular flexibility index (Phi) is 6.21. The first kappa shape index (κ1) is 16.7. The first-order valence-corrected chi connectivity index (χ1v) is 7.22. The summed E-state index contributed by atoms with van der Waals surface area (Å²) < 4.78 is 10.4. The van der Waals surface area contributed by atoms with Gasteiger partial charge in [0.05, 0.1) is 18.3 Å². The van der Waals surface area contributed by atoms with E-state index in [2.05, 4.69) is 26.8 Å². The van der Waals surface area contributed by atoms with Gasteiger partial charge in [0.1, 0.15) is 0 Å². The van der Waals surface area contributed by atoms with Gasteiger partial charge in [-0.25, -0.2) is 4.79 Å². The Morgan fingerprint density at radius 2 is 2.00 bits per heavy atom. The Hall–Kier alpha value is -1.35. The van der Waals surface area contributed by atoms with Crippen molar-refractivity contribution in [3.8, 4) is 0 Å². The topological polar surface area (TPSA) is 38.8 Å². The number of hydrogen-bond donors (Lipinski definition) is 0. The average Bonchev–Trinajstić information content (AvgIpc) is 2.94. The van der Waals surface area contributed by atoms with Crippen molar-refractivity contribution in [2.45, 2.75) is 59.2 Å². The molecule has 112 valence electrons.